The van der Waals surface area contributed by atoms with E-state index in [1.165, 1.54) is 18.2 Å². The zero-order valence-corrected chi connectivity index (χ0v) is 18.4. The van der Waals surface area contributed by atoms with E-state index in [1.807, 2.05) is 24.3 Å². The molecule has 0 radical (unpaired) electrons. The van der Waals surface area contributed by atoms with Crippen molar-refractivity contribution in [3.63, 3.8) is 0 Å². The van der Waals surface area contributed by atoms with Crippen LogP contribution in [0.3, 0.4) is 0 Å². The van der Waals surface area contributed by atoms with Crippen molar-refractivity contribution < 1.29 is 14.4 Å². The fourth-order valence-electron chi connectivity index (χ4n) is 3.42. The topological polar surface area (TPSA) is 96.6 Å². The third-order valence-electron chi connectivity index (χ3n) is 5.10. The SMILES string of the molecule is C=C(O)C(=C\C=N)/C=C/C(O)NCc1ccc(S(=O)C2CCN(CCC)CC2)cc1. The van der Waals surface area contributed by atoms with Crippen LogP contribution in [0.25, 0.3) is 0 Å². The number of hydrogen-bond acceptors (Lipinski definition) is 6. The van der Waals surface area contributed by atoms with Crippen LogP contribution in [0.15, 0.2) is 65.3 Å². The number of rotatable bonds is 11. The van der Waals surface area contributed by atoms with E-state index in [4.69, 9.17) is 5.41 Å². The first-order valence-electron chi connectivity index (χ1n) is 10.3. The lowest BCUT2D eigenvalue weighted by Crippen LogP contribution is -2.37. The Morgan fingerprint density at radius 1 is 1.37 bits per heavy atom. The lowest BCUT2D eigenvalue weighted by atomic mass is 10.1. The molecule has 0 amide bonds. The molecular weight excluding hydrogens is 398 g/mol. The van der Waals surface area contributed by atoms with Gasteiger partial charge in [0.15, 0.2) is 0 Å². The Balaban J connectivity index is 1.84. The molecule has 4 N–H and O–H groups in total. The quantitative estimate of drug-likeness (QED) is 0.187. The summed E-state index contributed by atoms with van der Waals surface area (Å²) in [6, 6.07) is 7.68. The molecule has 0 aromatic heterocycles. The number of aliphatic hydroxyl groups excluding tert-OH is 2. The Hall–Kier alpha value is -2.06. The summed E-state index contributed by atoms with van der Waals surface area (Å²) < 4.78 is 12.9. The van der Waals surface area contributed by atoms with E-state index in [-0.39, 0.29) is 11.0 Å². The first-order chi connectivity index (χ1) is 14.4. The third-order valence-corrected chi connectivity index (χ3v) is 6.92. The first-order valence-corrected chi connectivity index (χ1v) is 11.6. The maximum absolute atomic E-state index is 12.9. The minimum atomic E-state index is -0.989. The van der Waals surface area contributed by atoms with E-state index in [9.17, 15) is 14.4 Å². The van der Waals surface area contributed by atoms with Crippen molar-refractivity contribution in [3.05, 3.63) is 66.0 Å². The summed E-state index contributed by atoms with van der Waals surface area (Å²) in [6.07, 6.45) is 7.60. The zero-order valence-electron chi connectivity index (χ0n) is 17.6. The van der Waals surface area contributed by atoms with Crippen molar-refractivity contribution in [2.24, 2.45) is 0 Å². The summed E-state index contributed by atoms with van der Waals surface area (Å²) in [4.78, 5) is 3.30. The Morgan fingerprint density at radius 3 is 2.60 bits per heavy atom. The van der Waals surface area contributed by atoms with Gasteiger partial charge in [0, 0.05) is 28.5 Å². The summed E-state index contributed by atoms with van der Waals surface area (Å²) in [6.45, 7) is 9.22. The van der Waals surface area contributed by atoms with Crippen LogP contribution in [0.1, 0.15) is 31.7 Å². The summed E-state index contributed by atoms with van der Waals surface area (Å²) in [7, 11) is -0.989. The van der Waals surface area contributed by atoms with Crippen LogP contribution in [0, 0.1) is 5.41 Å². The van der Waals surface area contributed by atoms with Gasteiger partial charge in [0.25, 0.3) is 0 Å². The van der Waals surface area contributed by atoms with Crippen LogP contribution in [0.4, 0.5) is 0 Å². The van der Waals surface area contributed by atoms with E-state index in [1.54, 1.807) is 0 Å². The highest BCUT2D eigenvalue weighted by Crippen LogP contribution is 2.21. The lowest BCUT2D eigenvalue weighted by Gasteiger charge is -2.31. The van der Waals surface area contributed by atoms with Gasteiger partial charge in [-0.05, 0) is 68.7 Å². The van der Waals surface area contributed by atoms with E-state index in [0.29, 0.717) is 12.1 Å². The predicted molar refractivity (Wildman–Crippen MR) is 123 cm³/mol. The Bertz CT molecular complexity index is 781. The van der Waals surface area contributed by atoms with Gasteiger partial charge in [-0.15, -0.1) is 0 Å². The van der Waals surface area contributed by atoms with Crippen LogP contribution in [-0.2, 0) is 17.3 Å². The molecule has 1 saturated heterocycles. The van der Waals surface area contributed by atoms with Crippen molar-refractivity contribution in [2.75, 3.05) is 19.6 Å². The minimum Gasteiger partial charge on any atom is -0.508 e. The van der Waals surface area contributed by atoms with Gasteiger partial charge < -0.3 is 20.5 Å². The monoisotopic (exact) mass is 431 g/mol. The normalized spacial score (nSPS) is 18.4. The molecule has 1 aromatic rings. The molecule has 7 heteroatoms. The summed E-state index contributed by atoms with van der Waals surface area (Å²) in [5.41, 5.74) is 1.33. The van der Waals surface area contributed by atoms with Gasteiger partial charge in [-0.1, -0.05) is 31.7 Å². The van der Waals surface area contributed by atoms with Crippen LogP contribution in [0.5, 0.6) is 0 Å². The second-order valence-electron chi connectivity index (χ2n) is 7.40. The van der Waals surface area contributed by atoms with Gasteiger partial charge in [0.2, 0.25) is 0 Å². The molecule has 0 saturated carbocycles. The number of allylic oxidation sites excluding steroid dienone is 2. The largest absolute Gasteiger partial charge is 0.508 e. The van der Waals surface area contributed by atoms with Crippen LogP contribution >= 0.6 is 0 Å². The lowest BCUT2D eigenvalue weighted by molar-refractivity contribution is 0.182. The molecule has 2 unspecified atom stereocenters. The average molecular weight is 432 g/mol. The van der Waals surface area contributed by atoms with Gasteiger partial charge in [-0.2, -0.15) is 0 Å². The number of piperidine rings is 1. The van der Waals surface area contributed by atoms with Crippen molar-refractivity contribution in [1.82, 2.24) is 10.2 Å². The Kier molecular flexibility index (Phi) is 10.2. The van der Waals surface area contributed by atoms with E-state index in [0.717, 1.165) is 55.6 Å². The summed E-state index contributed by atoms with van der Waals surface area (Å²) >= 11 is 0. The summed E-state index contributed by atoms with van der Waals surface area (Å²) in [5, 5.41) is 29.7. The fourth-order valence-corrected chi connectivity index (χ4v) is 4.85. The molecule has 6 nitrogen and oxygen atoms in total. The minimum absolute atomic E-state index is 0.165. The van der Waals surface area contributed by atoms with Gasteiger partial charge in [0.05, 0.1) is 10.8 Å². The molecule has 0 aliphatic carbocycles. The molecule has 2 rings (SSSR count). The molecule has 0 spiro atoms. The van der Waals surface area contributed by atoms with Crippen LogP contribution in [0.2, 0.25) is 0 Å². The molecule has 0 bridgehead atoms. The number of nitrogens with one attached hydrogen (secondary N) is 2. The number of nitrogens with zero attached hydrogens (tertiary/aromatic N) is 1. The highest BCUT2D eigenvalue weighted by molar-refractivity contribution is 7.85. The molecular formula is C23H33N3O3S. The number of likely N-dealkylation sites (tertiary alicyclic amines) is 1. The highest BCUT2D eigenvalue weighted by Gasteiger charge is 2.24. The van der Waals surface area contributed by atoms with Crippen LogP contribution < -0.4 is 5.32 Å². The first kappa shape index (κ1) is 24.2. The molecule has 1 fully saturated rings. The summed E-state index contributed by atoms with van der Waals surface area (Å²) in [5.74, 6) is -0.165. The predicted octanol–water partition coefficient (Wildman–Crippen LogP) is 3.28. The van der Waals surface area contributed by atoms with Gasteiger partial charge in [-0.25, -0.2) is 0 Å². The highest BCUT2D eigenvalue weighted by atomic mass is 32.2. The van der Waals surface area contributed by atoms with Gasteiger partial charge >= 0.3 is 0 Å². The van der Waals surface area contributed by atoms with Crippen molar-refractivity contribution in [2.45, 2.75) is 49.1 Å². The molecule has 2 atom stereocenters. The molecule has 1 aliphatic heterocycles. The maximum atomic E-state index is 12.9. The smallest absolute Gasteiger partial charge is 0.124 e. The number of aliphatic hydroxyl groups is 2. The Labute approximate surface area is 182 Å². The molecule has 1 aromatic carbocycles. The van der Waals surface area contributed by atoms with Crippen molar-refractivity contribution in [3.8, 4) is 0 Å². The standard InChI is InChI=1S/C23H33N3O3S/c1-3-14-26-15-11-22(12-16-26)30(29)21-7-4-19(5-8-21)17-25-23(28)9-6-20(10-13-24)18(2)27/h4-10,13,22-25,27-28H,2-3,11-12,14-17H2,1H3/b9-6+,20-10-,24-13?. The number of hydrogen-bond donors (Lipinski definition) is 4. The second-order valence-corrected chi connectivity index (χ2v) is 9.14. The molecule has 1 heterocycles. The van der Waals surface area contributed by atoms with E-state index in [2.05, 4.69) is 23.7 Å². The molecule has 30 heavy (non-hydrogen) atoms. The molecule has 164 valence electrons. The van der Waals surface area contributed by atoms with E-state index >= 15 is 0 Å². The average Bonchev–Trinajstić information content (AvgIpc) is 2.75. The maximum Gasteiger partial charge on any atom is 0.124 e. The van der Waals surface area contributed by atoms with Crippen molar-refractivity contribution >= 4 is 17.0 Å². The van der Waals surface area contributed by atoms with Gasteiger partial charge in [-0.3, -0.25) is 9.53 Å². The zero-order chi connectivity index (χ0) is 21.9. The van der Waals surface area contributed by atoms with E-state index < -0.39 is 17.0 Å². The fraction of sp³-hybridized carbons (Fsp3) is 0.435. The molecule has 1 aliphatic rings. The third kappa shape index (κ3) is 7.65. The Morgan fingerprint density at radius 2 is 2.03 bits per heavy atom. The number of benzene rings is 1. The van der Waals surface area contributed by atoms with Crippen LogP contribution in [-0.4, -0.2) is 56.6 Å². The second kappa shape index (κ2) is 12.6. The van der Waals surface area contributed by atoms with Gasteiger partial charge in [0.1, 0.15) is 12.0 Å². The van der Waals surface area contributed by atoms with Crippen molar-refractivity contribution in [1.29, 1.82) is 5.41 Å².